The number of ether oxygens (including phenoxy) is 1. The van der Waals surface area contributed by atoms with E-state index in [2.05, 4.69) is 20.9 Å². The van der Waals surface area contributed by atoms with Crippen LogP contribution in [0, 0.1) is 5.92 Å². The molecule has 5 heteroatoms. The molecule has 0 aliphatic heterocycles. The zero-order valence-electron chi connectivity index (χ0n) is 9.68. The van der Waals surface area contributed by atoms with Gasteiger partial charge < -0.3 is 4.74 Å². The largest absolute Gasteiger partial charge is 0.449 e. The van der Waals surface area contributed by atoms with Crippen LogP contribution in [0.25, 0.3) is 11.0 Å². The maximum absolute atomic E-state index is 11.8. The Morgan fingerprint density at radius 2 is 2.29 bits per heavy atom. The number of aromatic nitrogens is 2. The first-order chi connectivity index (χ1) is 8.08. The maximum atomic E-state index is 11.8. The van der Waals surface area contributed by atoms with Crippen molar-refractivity contribution in [3.63, 3.8) is 0 Å². The Hall–Kier alpha value is -1.36. The molecule has 4 nitrogen and oxygen atoms in total. The smallest absolute Gasteiger partial charge is 0.419 e. The number of nitrogens with zero attached hydrogens (tertiary/aromatic N) is 2. The fourth-order valence-corrected chi connectivity index (χ4v) is 1.79. The average molecular weight is 297 g/mol. The van der Waals surface area contributed by atoms with E-state index in [1.54, 1.807) is 0 Å². The highest BCUT2D eigenvalue weighted by Crippen LogP contribution is 2.18. The maximum Gasteiger partial charge on any atom is 0.419 e. The molecule has 0 unspecified atom stereocenters. The molecule has 0 amide bonds. The third kappa shape index (κ3) is 2.66. The normalized spacial score (nSPS) is 11.1. The summed E-state index contributed by atoms with van der Waals surface area (Å²) in [6.07, 6.45) is 1.10. The summed E-state index contributed by atoms with van der Waals surface area (Å²) in [5, 5.41) is 0. The van der Waals surface area contributed by atoms with Crippen molar-refractivity contribution in [2.45, 2.75) is 13.8 Å². The van der Waals surface area contributed by atoms with Crippen LogP contribution in [0.2, 0.25) is 0 Å². The van der Waals surface area contributed by atoms with E-state index in [4.69, 9.17) is 4.74 Å². The van der Waals surface area contributed by atoms with Crippen molar-refractivity contribution < 1.29 is 9.53 Å². The Kier molecular flexibility index (Phi) is 3.47. The molecule has 2 rings (SSSR count). The molecule has 1 heterocycles. The molecule has 0 N–H and O–H groups in total. The summed E-state index contributed by atoms with van der Waals surface area (Å²) < 4.78 is 7.52. The summed E-state index contributed by atoms with van der Waals surface area (Å²) in [5.74, 6) is 0.322. The third-order valence-electron chi connectivity index (χ3n) is 2.25. The van der Waals surface area contributed by atoms with Gasteiger partial charge in [0, 0.05) is 4.47 Å². The van der Waals surface area contributed by atoms with Gasteiger partial charge in [0.05, 0.1) is 17.6 Å². The average Bonchev–Trinajstić information content (AvgIpc) is 2.68. The molecular formula is C12H13BrN2O2. The number of fused-ring (bicyclic) bond motifs is 1. The van der Waals surface area contributed by atoms with Gasteiger partial charge in [-0.2, -0.15) is 0 Å². The molecule has 0 bridgehead atoms. The van der Waals surface area contributed by atoms with Gasteiger partial charge in [0.2, 0.25) is 0 Å². The second kappa shape index (κ2) is 4.87. The molecule has 0 spiro atoms. The fourth-order valence-electron chi connectivity index (χ4n) is 1.44. The highest BCUT2D eigenvalue weighted by Gasteiger charge is 2.11. The highest BCUT2D eigenvalue weighted by molar-refractivity contribution is 9.10. The summed E-state index contributed by atoms with van der Waals surface area (Å²) in [6.45, 7) is 4.40. The lowest BCUT2D eigenvalue weighted by Gasteiger charge is -2.07. The highest BCUT2D eigenvalue weighted by atomic mass is 79.9. The van der Waals surface area contributed by atoms with Crippen molar-refractivity contribution in [1.82, 2.24) is 9.55 Å². The first-order valence-corrected chi connectivity index (χ1v) is 6.17. The van der Waals surface area contributed by atoms with Gasteiger partial charge in [0.25, 0.3) is 0 Å². The van der Waals surface area contributed by atoms with E-state index in [9.17, 15) is 4.79 Å². The van der Waals surface area contributed by atoms with E-state index in [-0.39, 0.29) is 6.09 Å². The Morgan fingerprint density at radius 1 is 1.53 bits per heavy atom. The van der Waals surface area contributed by atoms with Crippen molar-refractivity contribution >= 4 is 33.1 Å². The number of halogens is 1. The van der Waals surface area contributed by atoms with Crippen LogP contribution in [0.4, 0.5) is 4.79 Å². The van der Waals surface area contributed by atoms with E-state index < -0.39 is 0 Å². The van der Waals surface area contributed by atoms with Crippen LogP contribution in [0.5, 0.6) is 0 Å². The lowest BCUT2D eigenvalue weighted by molar-refractivity contribution is 0.135. The molecule has 17 heavy (non-hydrogen) atoms. The molecule has 0 saturated heterocycles. The second-order valence-corrected chi connectivity index (χ2v) is 5.13. The predicted molar refractivity (Wildman–Crippen MR) is 69.0 cm³/mol. The Balaban J connectivity index is 2.27. The summed E-state index contributed by atoms with van der Waals surface area (Å²) >= 11 is 3.36. The van der Waals surface area contributed by atoms with E-state index >= 15 is 0 Å². The van der Waals surface area contributed by atoms with E-state index in [1.165, 1.54) is 10.9 Å². The van der Waals surface area contributed by atoms with Crippen molar-refractivity contribution in [1.29, 1.82) is 0 Å². The number of imidazole rings is 1. The van der Waals surface area contributed by atoms with Crippen LogP contribution in [0.1, 0.15) is 13.8 Å². The first kappa shape index (κ1) is 12.1. The van der Waals surface area contributed by atoms with Crippen molar-refractivity contribution in [2.75, 3.05) is 6.61 Å². The van der Waals surface area contributed by atoms with Crippen LogP contribution in [-0.4, -0.2) is 22.3 Å². The first-order valence-electron chi connectivity index (χ1n) is 5.37. The number of benzene rings is 1. The third-order valence-corrected chi connectivity index (χ3v) is 2.74. The van der Waals surface area contributed by atoms with Gasteiger partial charge in [0.15, 0.2) is 0 Å². The minimum Gasteiger partial charge on any atom is -0.449 e. The van der Waals surface area contributed by atoms with Crippen LogP contribution in [0.3, 0.4) is 0 Å². The van der Waals surface area contributed by atoms with Crippen molar-refractivity contribution in [3.8, 4) is 0 Å². The number of hydrogen-bond donors (Lipinski definition) is 0. The van der Waals surface area contributed by atoms with Crippen LogP contribution in [0.15, 0.2) is 29.0 Å². The van der Waals surface area contributed by atoms with Gasteiger partial charge in [-0.1, -0.05) is 29.8 Å². The number of hydrogen-bond acceptors (Lipinski definition) is 3. The summed E-state index contributed by atoms with van der Waals surface area (Å²) in [5.41, 5.74) is 1.52. The van der Waals surface area contributed by atoms with Crippen LogP contribution in [-0.2, 0) is 4.74 Å². The lowest BCUT2D eigenvalue weighted by atomic mass is 10.2. The van der Waals surface area contributed by atoms with Gasteiger partial charge in [-0.15, -0.1) is 0 Å². The monoisotopic (exact) mass is 296 g/mol. The topological polar surface area (TPSA) is 44.1 Å². The standard InChI is InChI=1S/C12H13BrN2O2/c1-8(2)6-17-12(16)15-7-14-10-5-9(13)3-4-11(10)15/h3-5,7-8H,6H2,1-2H3. The summed E-state index contributed by atoms with van der Waals surface area (Å²) in [7, 11) is 0. The molecule has 0 atom stereocenters. The minimum absolute atomic E-state index is 0.322. The van der Waals surface area contributed by atoms with Gasteiger partial charge in [-0.3, -0.25) is 0 Å². The Bertz CT molecular complexity index is 548. The quantitative estimate of drug-likeness (QED) is 0.853. The lowest BCUT2D eigenvalue weighted by Crippen LogP contribution is -2.15. The number of carbonyl (C=O) groups excluding carboxylic acids is 1. The fraction of sp³-hybridized carbons (Fsp3) is 0.333. The molecule has 2 aromatic rings. The zero-order valence-corrected chi connectivity index (χ0v) is 11.3. The Labute approximate surface area is 108 Å². The van der Waals surface area contributed by atoms with Gasteiger partial charge >= 0.3 is 6.09 Å². The molecule has 0 saturated carbocycles. The van der Waals surface area contributed by atoms with E-state index in [0.717, 1.165) is 15.5 Å². The molecule has 0 aliphatic rings. The number of rotatable bonds is 2. The van der Waals surface area contributed by atoms with Gasteiger partial charge in [-0.05, 0) is 24.1 Å². The minimum atomic E-state index is -0.386. The van der Waals surface area contributed by atoms with Crippen LogP contribution < -0.4 is 0 Å². The molecule has 0 fully saturated rings. The molecule has 1 aromatic carbocycles. The molecule has 90 valence electrons. The second-order valence-electron chi connectivity index (χ2n) is 4.22. The molecular weight excluding hydrogens is 284 g/mol. The molecule has 0 aliphatic carbocycles. The van der Waals surface area contributed by atoms with E-state index in [1.807, 2.05) is 32.0 Å². The van der Waals surface area contributed by atoms with Crippen molar-refractivity contribution in [2.24, 2.45) is 5.92 Å². The number of carbonyl (C=O) groups is 1. The predicted octanol–water partition coefficient (Wildman–Crippen LogP) is 3.44. The molecule has 0 radical (unpaired) electrons. The Morgan fingerprint density at radius 3 is 3.00 bits per heavy atom. The summed E-state index contributed by atoms with van der Waals surface area (Å²) in [6, 6.07) is 5.57. The SMILES string of the molecule is CC(C)COC(=O)n1cnc2cc(Br)ccc21. The summed E-state index contributed by atoms with van der Waals surface area (Å²) in [4.78, 5) is 16.0. The molecule has 1 aromatic heterocycles. The van der Waals surface area contributed by atoms with Crippen LogP contribution >= 0.6 is 15.9 Å². The van der Waals surface area contributed by atoms with Gasteiger partial charge in [-0.25, -0.2) is 14.3 Å². The zero-order chi connectivity index (χ0) is 12.4. The van der Waals surface area contributed by atoms with Crippen molar-refractivity contribution in [3.05, 3.63) is 29.0 Å². The van der Waals surface area contributed by atoms with E-state index in [0.29, 0.717) is 12.5 Å². The van der Waals surface area contributed by atoms with Gasteiger partial charge in [0.1, 0.15) is 6.33 Å².